The molecule has 0 radical (unpaired) electrons. The molecule has 0 bridgehead atoms. The summed E-state index contributed by atoms with van der Waals surface area (Å²) in [4.78, 5) is 4.48. The fraction of sp³-hybridized carbons (Fsp3) is 0.500. The zero-order chi connectivity index (χ0) is 19.1. The molecule has 0 saturated heterocycles. The molecule has 1 aliphatic rings. The molecular weight excluding hydrogens is 354 g/mol. The number of aryl methyl sites for hydroxylation is 1. The molecule has 0 atom stereocenters. The molecule has 2 N–H and O–H groups in total. The number of alkyl halides is 2. The summed E-state index contributed by atoms with van der Waals surface area (Å²) in [5, 5.41) is 14.9. The molecule has 9 heteroatoms. The van der Waals surface area contributed by atoms with Crippen LogP contribution in [0.4, 0.5) is 8.78 Å². The third-order valence-corrected chi connectivity index (χ3v) is 4.29. The van der Waals surface area contributed by atoms with Gasteiger partial charge in [0.1, 0.15) is 11.6 Å². The highest BCUT2D eigenvalue weighted by atomic mass is 19.3. The van der Waals surface area contributed by atoms with Gasteiger partial charge in [-0.2, -0.15) is 8.78 Å². The van der Waals surface area contributed by atoms with Gasteiger partial charge in [-0.25, -0.2) is 4.99 Å². The molecule has 2 aromatic rings. The predicted molar refractivity (Wildman–Crippen MR) is 97.7 cm³/mol. The highest BCUT2D eigenvalue weighted by Crippen LogP contribution is 2.21. The van der Waals surface area contributed by atoms with E-state index in [1.165, 1.54) is 6.07 Å². The number of benzene rings is 1. The number of hydrogen-bond donors (Lipinski definition) is 2. The monoisotopic (exact) mass is 378 g/mol. The second-order valence-electron chi connectivity index (χ2n) is 6.18. The topological polar surface area (TPSA) is 76.4 Å². The van der Waals surface area contributed by atoms with Crippen LogP contribution in [0.15, 0.2) is 29.3 Å². The molecule has 146 valence electrons. The number of guanidine groups is 1. The fourth-order valence-electron chi connectivity index (χ4n) is 3.01. The van der Waals surface area contributed by atoms with Gasteiger partial charge in [0.25, 0.3) is 0 Å². The summed E-state index contributed by atoms with van der Waals surface area (Å²) in [5.74, 6) is 2.62. The summed E-state index contributed by atoms with van der Waals surface area (Å²) in [6.07, 6.45) is 3.24. The van der Waals surface area contributed by atoms with Gasteiger partial charge in [0.15, 0.2) is 11.8 Å². The molecule has 0 saturated carbocycles. The number of fused-ring (bicyclic) bond motifs is 1. The molecule has 0 fully saturated rings. The third kappa shape index (κ3) is 5.15. The fourth-order valence-corrected chi connectivity index (χ4v) is 3.01. The first-order valence-electron chi connectivity index (χ1n) is 9.13. The van der Waals surface area contributed by atoms with E-state index in [0.717, 1.165) is 37.5 Å². The summed E-state index contributed by atoms with van der Waals surface area (Å²) in [6, 6.07) is 6.66. The number of nitrogens with zero attached hydrogens (tertiary/aromatic N) is 4. The average Bonchev–Trinajstić information content (AvgIpc) is 3.08. The van der Waals surface area contributed by atoms with Crippen molar-refractivity contribution < 1.29 is 13.5 Å². The first-order chi connectivity index (χ1) is 13.2. The normalized spacial score (nSPS) is 14.1. The standard InChI is InChI=1S/C18H24F2N6O/c1-2-21-18(22-11-13-7-3-4-8-14(13)27-17(19)20)23-12-16-25-24-15-9-5-6-10-26(15)16/h3-4,7-8,17H,2,5-6,9-12H2,1H3,(H2,21,22,23). The van der Waals surface area contributed by atoms with Crippen LogP contribution < -0.4 is 15.4 Å². The minimum atomic E-state index is -2.86. The smallest absolute Gasteiger partial charge is 0.387 e. The summed E-state index contributed by atoms with van der Waals surface area (Å²) in [5.41, 5.74) is 0.592. The average molecular weight is 378 g/mol. The Hall–Kier alpha value is -2.71. The number of nitrogens with one attached hydrogen (secondary N) is 2. The maximum absolute atomic E-state index is 12.5. The zero-order valence-corrected chi connectivity index (χ0v) is 15.3. The molecule has 0 amide bonds. The molecule has 1 aromatic heterocycles. The van der Waals surface area contributed by atoms with Gasteiger partial charge >= 0.3 is 6.61 Å². The summed E-state index contributed by atoms with van der Waals surface area (Å²) in [6.45, 7) is 1.43. The molecule has 1 aromatic carbocycles. The van der Waals surface area contributed by atoms with E-state index in [4.69, 9.17) is 0 Å². The van der Waals surface area contributed by atoms with Gasteiger partial charge in [-0.15, -0.1) is 10.2 Å². The van der Waals surface area contributed by atoms with E-state index in [1.807, 2.05) is 6.92 Å². The van der Waals surface area contributed by atoms with Gasteiger partial charge in [-0.1, -0.05) is 18.2 Å². The van der Waals surface area contributed by atoms with E-state index in [2.05, 4.69) is 35.1 Å². The lowest BCUT2D eigenvalue weighted by Gasteiger charge is -2.16. The Morgan fingerprint density at radius 3 is 2.93 bits per heavy atom. The lowest BCUT2D eigenvalue weighted by Crippen LogP contribution is -2.37. The van der Waals surface area contributed by atoms with Crippen LogP contribution in [-0.2, 0) is 26.1 Å². The van der Waals surface area contributed by atoms with E-state index in [0.29, 0.717) is 24.6 Å². The van der Waals surface area contributed by atoms with Gasteiger partial charge in [0.05, 0.1) is 13.1 Å². The van der Waals surface area contributed by atoms with Gasteiger partial charge in [-0.05, 0) is 25.8 Å². The lowest BCUT2D eigenvalue weighted by molar-refractivity contribution is -0.0504. The molecule has 1 aliphatic heterocycles. The number of para-hydroxylation sites is 1. The number of hydrogen-bond acceptors (Lipinski definition) is 4. The number of aromatic nitrogens is 3. The molecule has 3 rings (SSSR count). The second-order valence-corrected chi connectivity index (χ2v) is 6.18. The van der Waals surface area contributed by atoms with E-state index >= 15 is 0 Å². The summed E-state index contributed by atoms with van der Waals surface area (Å²) >= 11 is 0. The summed E-state index contributed by atoms with van der Waals surface area (Å²) < 4.78 is 31.8. The maximum atomic E-state index is 12.5. The Bertz CT molecular complexity index is 777. The van der Waals surface area contributed by atoms with Crippen LogP contribution in [-0.4, -0.2) is 33.9 Å². The van der Waals surface area contributed by atoms with Crippen molar-refractivity contribution in [2.45, 2.75) is 52.4 Å². The SMILES string of the molecule is CCNC(=NCc1ccccc1OC(F)F)NCc1nnc2n1CCCC2. The number of aliphatic imine (C=N–C) groups is 1. The Morgan fingerprint density at radius 2 is 2.11 bits per heavy atom. The lowest BCUT2D eigenvalue weighted by atomic mass is 10.2. The Kier molecular flexibility index (Phi) is 6.56. The van der Waals surface area contributed by atoms with Crippen molar-refractivity contribution in [3.8, 4) is 5.75 Å². The van der Waals surface area contributed by atoms with Crippen LogP contribution in [0.3, 0.4) is 0 Å². The Labute approximate surface area is 156 Å². The predicted octanol–water partition coefficient (Wildman–Crippen LogP) is 2.47. The van der Waals surface area contributed by atoms with Crippen molar-refractivity contribution >= 4 is 5.96 Å². The van der Waals surface area contributed by atoms with Crippen molar-refractivity contribution in [3.63, 3.8) is 0 Å². The van der Waals surface area contributed by atoms with E-state index in [-0.39, 0.29) is 12.3 Å². The Balaban J connectivity index is 1.66. The first kappa shape index (κ1) is 19.1. The second kappa shape index (κ2) is 9.29. The van der Waals surface area contributed by atoms with Crippen molar-refractivity contribution in [1.29, 1.82) is 0 Å². The first-order valence-corrected chi connectivity index (χ1v) is 9.13. The number of halogens is 2. The van der Waals surface area contributed by atoms with Crippen LogP contribution >= 0.6 is 0 Å². The van der Waals surface area contributed by atoms with Crippen LogP contribution in [0.2, 0.25) is 0 Å². The quantitative estimate of drug-likeness (QED) is 0.572. The molecule has 0 aliphatic carbocycles. The van der Waals surface area contributed by atoms with E-state index in [1.54, 1.807) is 18.2 Å². The van der Waals surface area contributed by atoms with Crippen molar-refractivity contribution in [2.24, 2.45) is 4.99 Å². The van der Waals surface area contributed by atoms with E-state index in [9.17, 15) is 8.78 Å². The van der Waals surface area contributed by atoms with Gasteiger partial charge in [0, 0.05) is 25.1 Å². The zero-order valence-electron chi connectivity index (χ0n) is 15.3. The van der Waals surface area contributed by atoms with Gasteiger partial charge in [0.2, 0.25) is 0 Å². The van der Waals surface area contributed by atoms with Crippen molar-refractivity contribution in [3.05, 3.63) is 41.5 Å². The Morgan fingerprint density at radius 1 is 1.26 bits per heavy atom. The van der Waals surface area contributed by atoms with Crippen LogP contribution in [0, 0.1) is 0 Å². The molecular formula is C18H24F2N6O. The van der Waals surface area contributed by atoms with E-state index < -0.39 is 6.61 Å². The number of rotatable bonds is 7. The number of ether oxygens (including phenoxy) is 1. The maximum Gasteiger partial charge on any atom is 0.387 e. The molecule has 0 spiro atoms. The van der Waals surface area contributed by atoms with Crippen LogP contribution in [0.5, 0.6) is 5.75 Å². The highest BCUT2D eigenvalue weighted by molar-refractivity contribution is 5.79. The molecule has 0 unspecified atom stereocenters. The molecule has 27 heavy (non-hydrogen) atoms. The highest BCUT2D eigenvalue weighted by Gasteiger charge is 2.15. The van der Waals surface area contributed by atoms with Gasteiger partial charge < -0.3 is 19.9 Å². The molecule has 7 nitrogen and oxygen atoms in total. The van der Waals surface area contributed by atoms with Gasteiger partial charge in [-0.3, -0.25) is 0 Å². The van der Waals surface area contributed by atoms with Crippen LogP contribution in [0.1, 0.15) is 37.0 Å². The summed E-state index contributed by atoms with van der Waals surface area (Å²) in [7, 11) is 0. The third-order valence-electron chi connectivity index (χ3n) is 4.29. The largest absolute Gasteiger partial charge is 0.434 e. The molecule has 2 heterocycles. The minimum absolute atomic E-state index is 0.138. The minimum Gasteiger partial charge on any atom is -0.434 e. The van der Waals surface area contributed by atoms with Crippen molar-refractivity contribution in [2.75, 3.05) is 6.54 Å². The van der Waals surface area contributed by atoms with Crippen molar-refractivity contribution in [1.82, 2.24) is 25.4 Å². The van der Waals surface area contributed by atoms with Crippen LogP contribution in [0.25, 0.3) is 0 Å².